The van der Waals surface area contributed by atoms with E-state index < -0.39 is 5.97 Å². The third-order valence-electron chi connectivity index (χ3n) is 2.55. The largest absolute Gasteiger partial charge is 0.476 e. The number of methoxy groups -OCH3 is 1. The standard InChI is InChI=1S/C13H14N2O4/c1-18-8-9-4-2-3-5-11(9)14-7-10-6-12(13(16)17)15-19-10/h2-6,14H,7-8H2,1H3,(H,16,17). The molecule has 6 nitrogen and oxygen atoms in total. The van der Waals surface area contributed by atoms with Gasteiger partial charge in [-0.2, -0.15) is 0 Å². The number of carboxylic acid groups (broad SMARTS) is 1. The molecule has 1 aromatic carbocycles. The Morgan fingerprint density at radius 2 is 2.26 bits per heavy atom. The van der Waals surface area contributed by atoms with Crippen LogP contribution in [0.3, 0.4) is 0 Å². The second kappa shape index (κ2) is 6.01. The predicted molar refractivity (Wildman–Crippen MR) is 67.9 cm³/mol. The number of benzene rings is 1. The zero-order valence-electron chi connectivity index (χ0n) is 10.4. The van der Waals surface area contributed by atoms with E-state index in [2.05, 4.69) is 10.5 Å². The number of nitrogens with zero attached hydrogens (tertiary/aromatic N) is 1. The van der Waals surface area contributed by atoms with E-state index in [0.717, 1.165) is 11.3 Å². The first kappa shape index (κ1) is 13.1. The fourth-order valence-electron chi connectivity index (χ4n) is 1.65. The zero-order chi connectivity index (χ0) is 13.7. The Balaban J connectivity index is 2.03. The lowest BCUT2D eigenvalue weighted by Crippen LogP contribution is -2.02. The van der Waals surface area contributed by atoms with Crippen molar-refractivity contribution < 1.29 is 19.2 Å². The van der Waals surface area contributed by atoms with Crippen molar-refractivity contribution in [1.82, 2.24) is 5.16 Å². The van der Waals surface area contributed by atoms with Gasteiger partial charge in [0.2, 0.25) is 0 Å². The van der Waals surface area contributed by atoms with Crippen molar-refractivity contribution in [3.8, 4) is 0 Å². The normalized spacial score (nSPS) is 10.4. The van der Waals surface area contributed by atoms with Crippen LogP contribution >= 0.6 is 0 Å². The molecule has 2 rings (SSSR count). The molecule has 0 bridgehead atoms. The van der Waals surface area contributed by atoms with Gasteiger partial charge < -0.3 is 19.7 Å². The number of aromatic carboxylic acids is 1. The first-order chi connectivity index (χ1) is 9.20. The number of aromatic nitrogens is 1. The number of anilines is 1. The summed E-state index contributed by atoms with van der Waals surface area (Å²) in [5.74, 6) is -0.639. The molecule has 0 aliphatic heterocycles. The Kier molecular flexibility index (Phi) is 4.15. The molecule has 0 radical (unpaired) electrons. The van der Waals surface area contributed by atoms with Gasteiger partial charge >= 0.3 is 5.97 Å². The summed E-state index contributed by atoms with van der Waals surface area (Å²) < 4.78 is 10.0. The second-order valence-corrected chi connectivity index (χ2v) is 3.93. The Labute approximate surface area is 110 Å². The quantitative estimate of drug-likeness (QED) is 0.829. The Hall–Kier alpha value is -2.34. The number of ether oxygens (including phenoxy) is 1. The molecular formula is C13H14N2O4. The van der Waals surface area contributed by atoms with Crippen LogP contribution in [0.1, 0.15) is 21.8 Å². The maximum absolute atomic E-state index is 10.7. The van der Waals surface area contributed by atoms with Gasteiger partial charge in [0.15, 0.2) is 11.5 Å². The number of carboxylic acids is 1. The first-order valence-corrected chi connectivity index (χ1v) is 5.70. The predicted octanol–water partition coefficient (Wildman–Crippen LogP) is 2.13. The molecule has 0 unspecified atom stereocenters. The summed E-state index contributed by atoms with van der Waals surface area (Å²) in [4.78, 5) is 10.7. The van der Waals surface area contributed by atoms with Gasteiger partial charge in [0.1, 0.15) is 0 Å². The van der Waals surface area contributed by atoms with E-state index in [9.17, 15) is 4.79 Å². The number of hydrogen-bond acceptors (Lipinski definition) is 5. The molecule has 100 valence electrons. The molecule has 2 N–H and O–H groups in total. The van der Waals surface area contributed by atoms with Crippen molar-refractivity contribution in [2.45, 2.75) is 13.2 Å². The van der Waals surface area contributed by atoms with Gasteiger partial charge in [-0.1, -0.05) is 23.4 Å². The zero-order valence-corrected chi connectivity index (χ0v) is 10.4. The average Bonchev–Trinajstić information content (AvgIpc) is 2.87. The summed E-state index contributed by atoms with van der Waals surface area (Å²) in [7, 11) is 1.63. The van der Waals surface area contributed by atoms with Crippen LogP contribution in [0.4, 0.5) is 5.69 Å². The molecule has 0 saturated heterocycles. The van der Waals surface area contributed by atoms with Crippen molar-refractivity contribution in [2.75, 3.05) is 12.4 Å². The van der Waals surface area contributed by atoms with Crippen LogP contribution in [-0.2, 0) is 17.9 Å². The molecule has 0 fully saturated rings. The molecule has 0 aliphatic rings. The van der Waals surface area contributed by atoms with Gasteiger partial charge in [0, 0.05) is 24.4 Å². The smallest absolute Gasteiger partial charge is 0.358 e. The number of hydrogen-bond donors (Lipinski definition) is 2. The van der Waals surface area contributed by atoms with Crippen molar-refractivity contribution in [3.05, 3.63) is 47.3 Å². The van der Waals surface area contributed by atoms with E-state index in [-0.39, 0.29) is 5.69 Å². The maximum Gasteiger partial charge on any atom is 0.358 e. The van der Waals surface area contributed by atoms with Crippen molar-refractivity contribution in [2.24, 2.45) is 0 Å². The highest BCUT2D eigenvalue weighted by atomic mass is 16.5. The number of nitrogens with one attached hydrogen (secondary N) is 1. The van der Waals surface area contributed by atoms with Gasteiger partial charge in [-0.05, 0) is 6.07 Å². The molecule has 6 heteroatoms. The molecule has 1 heterocycles. The minimum atomic E-state index is -1.10. The highest BCUT2D eigenvalue weighted by Gasteiger charge is 2.10. The minimum Gasteiger partial charge on any atom is -0.476 e. The number of carbonyl (C=O) groups is 1. The van der Waals surface area contributed by atoms with E-state index >= 15 is 0 Å². The first-order valence-electron chi connectivity index (χ1n) is 5.70. The topological polar surface area (TPSA) is 84.6 Å². The molecule has 0 atom stereocenters. The van der Waals surface area contributed by atoms with E-state index in [1.54, 1.807) is 7.11 Å². The van der Waals surface area contributed by atoms with Crippen molar-refractivity contribution >= 4 is 11.7 Å². The maximum atomic E-state index is 10.7. The van der Waals surface area contributed by atoms with Gasteiger partial charge in [-0.25, -0.2) is 4.79 Å². The van der Waals surface area contributed by atoms with Crippen LogP contribution in [0.25, 0.3) is 0 Å². The van der Waals surface area contributed by atoms with Crippen LogP contribution in [0, 0.1) is 0 Å². The average molecular weight is 262 g/mol. The summed E-state index contributed by atoms with van der Waals surface area (Å²) in [6.45, 7) is 0.862. The summed E-state index contributed by atoms with van der Waals surface area (Å²) in [5.41, 5.74) is 1.84. The lowest BCUT2D eigenvalue weighted by atomic mass is 10.2. The van der Waals surface area contributed by atoms with Crippen molar-refractivity contribution in [1.29, 1.82) is 0 Å². The summed E-state index contributed by atoms with van der Waals surface area (Å²) in [5, 5.41) is 15.3. The SMILES string of the molecule is COCc1ccccc1NCc1cc(C(=O)O)no1. The van der Waals surface area contributed by atoms with E-state index in [1.165, 1.54) is 6.07 Å². The van der Waals surface area contributed by atoms with Gasteiger partial charge in [0.05, 0.1) is 13.2 Å². The Morgan fingerprint density at radius 3 is 2.95 bits per heavy atom. The molecule has 0 saturated carbocycles. The number of rotatable bonds is 6. The van der Waals surface area contributed by atoms with Gasteiger partial charge in [-0.15, -0.1) is 0 Å². The third-order valence-corrected chi connectivity index (χ3v) is 2.55. The molecule has 2 aromatic rings. The van der Waals surface area contributed by atoms with Crippen LogP contribution < -0.4 is 5.32 Å². The molecular weight excluding hydrogens is 248 g/mol. The van der Waals surface area contributed by atoms with Gasteiger partial charge in [-0.3, -0.25) is 0 Å². The Morgan fingerprint density at radius 1 is 1.47 bits per heavy atom. The summed E-state index contributed by atoms with van der Waals surface area (Å²) >= 11 is 0. The van der Waals surface area contributed by atoms with Gasteiger partial charge in [0.25, 0.3) is 0 Å². The van der Waals surface area contributed by atoms with Crippen molar-refractivity contribution in [3.63, 3.8) is 0 Å². The van der Waals surface area contributed by atoms with Crippen LogP contribution in [-0.4, -0.2) is 23.3 Å². The second-order valence-electron chi connectivity index (χ2n) is 3.93. The van der Waals surface area contributed by atoms with E-state index in [0.29, 0.717) is 18.9 Å². The fraction of sp³-hybridized carbons (Fsp3) is 0.231. The molecule has 1 aromatic heterocycles. The van der Waals surface area contributed by atoms with E-state index in [1.807, 2.05) is 24.3 Å². The Bertz CT molecular complexity index is 565. The highest BCUT2D eigenvalue weighted by molar-refractivity contribution is 5.85. The van der Waals surface area contributed by atoms with Crippen LogP contribution in [0.5, 0.6) is 0 Å². The highest BCUT2D eigenvalue weighted by Crippen LogP contribution is 2.17. The molecule has 0 aliphatic carbocycles. The third kappa shape index (κ3) is 3.32. The summed E-state index contributed by atoms with van der Waals surface area (Å²) in [6, 6.07) is 9.10. The van der Waals surface area contributed by atoms with Crippen LogP contribution in [0.15, 0.2) is 34.9 Å². The summed E-state index contributed by atoms with van der Waals surface area (Å²) in [6.07, 6.45) is 0. The van der Waals surface area contributed by atoms with E-state index in [4.69, 9.17) is 14.4 Å². The number of para-hydroxylation sites is 1. The minimum absolute atomic E-state index is 0.0954. The van der Waals surface area contributed by atoms with Crippen LogP contribution in [0.2, 0.25) is 0 Å². The lowest BCUT2D eigenvalue weighted by molar-refractivity contribution is 0.0685. The molecule has 19 heavy (non-hydrogen) atoms. The fourth-order valence-corrected chi connectivity index (χ4v) is 1.65. The monoisotopic (exact) mass is 262 g/mol. The lowest BCUT2D eigenvalue weighted by Gasteiger charge is -2.09. The molecule has 0 amide bonds. The molecule has 0 spiro atoms.